The molecular weight excluding hydrogens is 252 g/mol. The van der Waals surface area contributed by atoms with Crippen molar-refractivity contribution in [3.8, 4) is 0 Å². The smallest absolute Gasteiger partial charge is 0.0128 e. The van der Waals surface area contributed by atoms with Crippen molar-refractivity contribution in [2.24, 2.45) is 5.92 Å². The molecule has 2 aromatic rings. The van der Waals surface area contributed by atoms with Crippen LogP contribution in [0.4, 0.5) is 0 Å². The Labute approximate surface area is 130 Å². The number of rotatable bonds is 7. The Morgan fingerprint density at radius 3 is 1.76 bits per heavy atom. The molecule has 0 unspecified atom stereocenters. The highest BCUT2D eigenvalue weighted by molar-refractivity contribution is 5.25. The lowest BCUT2D eigenvalue weighted by Gasteiger charge is -2.32. The zero-order valence-electron chi connectivity index (χ0n) is 13.6. The fourth-order valence-electron chi connectivity index (χ4n) is 3.63. The summed E-state index contributed by atoms with van der Waals surface area (Å²) in [5.74, 6) is 1.97. The van der Waals surface area contributed by atoms with Crippen LogP contribution in [0.15, 0.2) is 60.7 Å². The molecule has 0 saturated carbocycles. The van der Waals surface area contributed by atoms with E-state index in [-0.39, 0.29) is 0 Å². The van der Waals surface area contributed by atoms with E-state index in [0.717, 1.165) is 0 Å². The highest BCUT2D eigenvalue weighted by atomic mass is 14.3. The van der Waals surface area contributed by atoms with Gasteiger partial charge >= 0.3 is 0 Å². The molecule has 0 amide bonds. The van der Waals surface area contributed by atoms with Gasteiger partial charge in [0.15, 0.2) is 0 Å². The van der Waals surface area contributed by atoms with Crippen LogP contribution in [0.5, 0.6) is 0 Å². The molecule has 0 aliphatic rings. The lowest BCUT2D eigenvalue weighted by molar-refractivity contribution is 0.336. The molecule has 0 heterocycles. The molecule has 112 valence electrons. The first-order valence-corrected chi connectivity index (χ1v) is 8.37. The molecule has 0 bridgehead atoms. The molecule has 0 nitrogen and oxygen atoms in total. The van der Waals surface area contributed by atoms with Crippen LogP contribution in [0, 0.1) is 5.92 Å². The van der Waals surface area contributed by atoms with Gasteiger partial charge in [0, 0.05) is 0 Å². The number of benzene rings is 2. The molecule has 2 aromatic carbocycles. The third kappa shape index (κ3) is 3.97. The van der Waals surface area contributed by atoms with E-state index in [2.05, 4.69) is 81.4 Å². The summed E-state index contributed by atoms with van der Waals surface area (Å²) in [6.07, 6.45) is 3.76. The van der Waals surface area contributed by atoms with Crippen LogP contribution in [-0.4, -0.2) is 0 Å². The van der Waals surface area contributed by atoms with Crippen LogP contribution in [-0.2, 0) is 0 Å². The summed E-state index contributed by atoms with van der Waals surface area (Å²) in [6.45, 7) is 7.04. The summed E-state index contributed by atoms with van der Waals surface area (Å²) >= 11 is 0. The second-order valence-corrected chi connectivity index (χ2v) is 6.08. The van der Waals surface area contributed by atoms with Crippen molar-refractivity contribution in [2.75, 3.05) is 0 Å². The average molecular weight is 280 g/mol. The van der Waals surface area contributed by atoms with E-state index in [1.807, 2.05) is 0 Å². The van der Waals surface area contributed by atoms with Crippen LogP contribution in [0.3, 0.4) is 0 Å². The molecule has 0 aliphatic carbocycles. The fourth-order valence-corrected chi connectivity index (χ4v) is 3.63. The van der Waals surface area contributed by atoms with Gasteiger partial charge in [-0.25, -0.2) is 0 Å². The minimum Gasteiger partial charge on any atom is -0.0654 e. The topological polar surface area (TPSA) is 0 Å². The Kier molecular flexibility index (Phi) is 6.04. The third-order valence-electron chi connectivity index (χ3n) is 4.78. The van der Waals surface area contributed by atoms with Crippen LogP contribution in [0.2, 0.25) is 0 Å². The SMILES string of the molecule is CCC[C@H](c1ccccc1)[C@@H](CC)[C@@H](C)c1ccccc1. The minimum atomic E-state index is 0.605. The predicted molar refractivity (Wildman–Crippen MR) is 92.7 cm³/mol. The van der Waals surface area contributed by atoms with E-state index in [0.29, 0.717) is 17.8 Å². The van der Waals surface area contributed by atoms with E-state index in [1.165, 1.54) is 30.4 Å². The lowest BCUT2D eigenvalue weighted by atomic mass is 9.73. The summed E-state index contributed by atoms with van der Waals surface area (Å²) in [5.41, 5.74) is 2.98. The largest absolute Gasteiger partial charge is 0.0654 e. The standard InChI is InChI=1S/C21H28/c1-4-12-21(19-15-10-7-11-16-19)20(5-2)17(3)18-13-8-6-9-14-18/h6-11,13-17,20-21H,4-5,12H2,1-3H3/t17-,20-,21+/m0/s1. The maximum absolute atomic E-state index is 2.40. The van der Waals surface area contributed by atoms with Gasteiger partial charge in [0.2, 0.25) is 0 Å². The molecule has 0 saturated heterocycles. The number of hydrogen-bond donors (Lipinski definition) is 0. The van der Waals surface area contributed by atoms with Crippen molar-refractivity contribution in [2.45, 2.75) is 51.9 Å². The molecule has 3 atom stereocenters. The molecular formula is C21H28. The molecule has 0 spiro atoms. The Bertz CT molecular complexity index is 500. The van der Waals surface area contributed by atoms with Crippen LogP contribution < -0.4 is 0 Å². The van der Waals surface area contributed by atoms with Gasteiger partial charge < -0.3 is 0 Å². The first-order valence-electron chi connectivity index (χ1n) is 8.37. The molecule has 0 N–H and O–H groups in total. The Balaban J connectivity index is 2.28. The molecule has 0 fully saturated rings. The second kappa shape index (κ2) is 8.02. The fraction of sp³-hybridized carbons (Fsp3) is 0.429. The quantitative estimate of drug-likeness (QED) is 0.550. The van der Waals surface area contributed by atoms with Crippen molar-refractivity contribution in [1.82, 2.24) is 0 Å². The van der Waals surface area contributed by atoms with Gasteiger partial charge in [0.05, 0.1) is 0 Å². The zero-order valence-corrected chi connectivity index (χ0v) is 13.6. The molecule has 2 rings (SSSR count). The van der Waals surface area contributed by atoms with E-state index in [4.69, 9.17) is 0 Å². The monoisotopic (exact) mass is 280 g/mol. The summed E-state index contributed by atoms with van der Waals surface area (Å²) in [4.78, 5) is 0. The minimum absolute atomic E-state index is 0.605. The summed E-state index contributed by atoms with van der Waals surface area (Å²) < 4.78 is 0. The van der Waals surface area contributed by atoms with Gasteiger partial charge in [-0.05, 0) is 35.3 Å². The molecule has 0 aromatic heterocycles. The van der Waals surface area contributed by atoms with Crippen molar-refractivity contribution in [1.29, 1.82) is 0 Å². The summed E-state index contributed by atoms with van der Waals surface area (Å²) in [5, 5.41) is 0. The summed E-state index contributed by atoms with van der Waals surface area (Å²) in [6, 6.07) is 22.1. The molecule has 0 heteroatoms. The van der Waals surface area contributed by atoms with Crippen LogP contribution >= 0.6 is 0 Å². The second-order valence-electron chi connectivity index (χ2n) is 6.08. The van der Waals surface area contributed by atoms with Gasteiger partial charge in [-0.3, -0.25) is 0 Å². The highest BCUT2D eigenvalue weighted by Gasteiger charge is 2.26. The van der Waals surface area contributed by atoms with Crippen LogP contribution in [0.1, 0.15) is 63.0 Å². The lowest BCUT2D eigenvalue weighted by Crippen LogP contribution is -2.19. The predicted octanol–water partition coefficient (Wildman–Crippen LogP) is 6.40. The van der Waals surface area contributed by atoms with Crippen molar-refractivity contribution < 1.29 is 0 Å². The zero-order chi connectivity index (χ0) is 15.1. The Morgan fingerprint density at radius 1 is 0.762 bits per heavy atom. The van der Waals surface area contributed by atoms with Crippen LogP contribution in [0.25, 0.3) is 0 Å². The van der Waals surface area contributed by atoms with Crippen molar-refractivity contribution >= 4 is 0 Å². The van der Waals surface area contributed by atoms with Crippen molar-refractivity contribution in [3.05, 3.63) is 71.8 Å². The van der Waals surface area contributed by atoms with E-state index >= 15 is 0 Å². The number of hydrogen-bond acceptors (Lipinski definition) is 0. The maximum atomic E-state index is 2.40. The Morgan fingerprint density at radius 2 is 1.29 bits per heavy atom. The Hall–Kier alpha value is -1.56. The van der Waals surface area contributed by atoms with Crippen molar-refractivity contribution in [3.63, 3.8) is 0 Å². The summed E-state index contributed by atoms with van der Waals surface area (Å²) in [7, 11) is 0. The van der Waals surface area contributed by atoms with E-state index < -0.39 is 0 Å². The molecule has 21 heavy (non-hydrogen) atoms. The average Bonchev–Trinajstić information content (AvgIpc) is 2.56. The molecule has 0 aliphatic heterocycles. The normalized spacial score (nSPS) is 15.4. The van der Waals surface area contributed by atoms with Gasteiger partial charge in [0.1, 0.15) is 0 Å². The first-order chi connectivity index (χ1) is 10.3. The van der Waals surface area contributed by atoms with Gasteiger partial charge in [-0.2, -0.15) is 0 Å². The van der Waals surface area contributed by atoms with E-state index in [9.17, 15) is 0 Å². The third-order valence-corrected chi connectivity index (χ3v) is 4.78. The van der Waals surface area contributed by atoms with Gasteiger partial charge in [-0.15, -0.1) is 0 Å². The van der Waals surface area contributed by atoms with E-state index in [1.54, 1.807) is 0 Å². The van der Waals surface area contributed by atoms with Gasteiger partial charge in [0.25, 0.3) is 0 Å². The van der Waals surface area contributed by atoms with Gasteiger partial charge in [-0.1, -0.05) is 94.3 Å². The molecule has 0 radical (unpaired) electrons. The highest BCUT2D eigenvalue weighted by Crippen LogP contribution is 2.40. The first kappa shape index (κ1) is 15.8. The maximum Gasteiger partial charge on any atom is -0.0128 e.